The molecular weight excluding hydrogens is 378 g/mol. The van der Waals surface area contributed by atoms with Gasteiger partial charge in [0.1, 0.15) is 6.42 Å². The van der Waals surface area contributed by atoms with E-state index >= 15 is 0 Å². The first-order chi connectivity index (χ1) is 13.7. The number of nitriles is 1. The summed E-state index contributed by atoms with van der Waals surface area (Å²) in [7, 11) is 0. The Kier molecular flexibility index (Phi) is 5.17. The molecule has 3 aromatic rings. The van der Waals surface area contributed by atoms with Crippen LogP contribution in [0.3, 0.4) is 0 Å². The van der Waals surface area contributed by atoms with E-state index in [1.807, 2.05) is 6.07 Å². The van der Waals surface area contributed by atoms with Crippen LogP contribution in [0.4, 0.5) is 0 Å². The van der Waals surface area contributed by atoms with E-state index < -0.39 is 0 Å². The summed E-state index contributed by atoms with van der Waals surface area (Å²) in [6.07, 6.45) is 11.0. The number of aromatic nitrogens is 5. The second-order valence-corrected chi connectivity index (χ2v) is 7.25. The van der Waals surface area contributed by atoms with E-state index in [2.05, 4.69) is 20.1 Å². The number of halogens is 1. The number of amides is 1. The molecule has 28 heavy (non-hydrogen) atoms. The third-order valence-corrected chi connectivity index (χ3v) is 5.28. The number of carbonyl (C=O) groups is 1. The van der Waals surface area contributed by atoms with Gasteiger partial charge in [-0.2, -0.15) is 10.4 Å². The zero-order valence-electron chi connectivity index (χ0n) is 15.1. The third kappa shape index (κ3) is 3.66. The standard InChI is InChI=1S/C19H18ClN7O/c20-15-10-23-19(14-9-24-27-7-5-22-11-17(14)27)25-16(15)8-13-2-1-6-26(12-13)18(28)3-4-21/h5,7,9-11,13H,1-3,6,8,12H2/t13-/m0/s1. The highest BCUT2D eigenvalue weighted by atomic mass is 35.5. The first-order valence-corrected chi connectivity index (χ1v) is 9.47. The molecule has 8 nitrogen and oxygen atoms in total. The minimum absolute atomic E-state index is 0.0755. The minimum Gasteiger partial charge on any atom is -0.342 e. The molecule has 142 valence electrons. The van der Waals surface area contributed by atoms with Crippen molar-refractivity contribution in [3.05, 3.63) is 41.7 Å². The van der Waals surface area contributed by atoms with Crippen molar-refractivity contribution in [2.45, 2.75) is 25.7 Å². The molecule has 0 saturated carbocycles. The third-order valence-electron chi connectivity index (χ3n) is 4.97. The maximum absolute atomic E-state index is 12.0. The average molecular weight is 396 g/mol. The van der Waals surface area contributed by atoms with Gasteiger partial charge in [-0.15, -0.1) is 0 Å². The Balaban J connectivity index is 1.56. The number of fused-ring (bicyclic) bond motifs is 1. The Hall–Kier alpha value is -3.05. The van der Waals surface area contributed by atoms with E-state index in [-0.39, 0.29) is 18.2 Å². The summed E-state index contributed by atoms with van der Waals surface area (Å²) in [5, 5.41) is 13.6. The van der Waals surface area contributed by atoms with Crippen molar-refractivity contribution in [2.75, 3.05) is 13.1 Å². The van der Waals surface area contributed by atoms with Crippen molar-refractivity contribution in [1.29, 1.82) is 5.26 Å². The number of nitrogens with zero attached hydrogens (tertiary/aromatic N) is 7. The topological polar surface area (TPSA) is 100 Å². The highest BCUT2D eigenvalue weighted by Gasteiger charge is 2.25. The van der Waals surface area contributed by atoms with Gasteiger partial charge in [0.2, 0.25) is 5.91 Å². The van der Waals surface area contributed by atoms with Crippen LogP contribution >= 0.6 is 11.6 Å². The molecular formula is C19H18ClN7O. The number of rotatable bonds is 4. The normalized spacial score (nSPS) is 16.9. The molecule has 1 atom stereocenters. The zero-order chi connectivity index (χ0) is 19.5. The van der Waals surface area contributed by atoms with Crippen molar-refractivity contribution in [3.63, 3.8) is 0 Å². The van der Waals surface area contributed by atoms with Crippen molar-refractivity contribution in [2.24, 2.45) is 5.92 Å². The highest BCUT2D eigenvalue weighted by molar-refractivity contribution is 6.31. The molecule has 1 amide bonds. The first kappa shape index (κ1) is 18.3. The smallest absolute Gasteiger partial charge is 0.236 e. The lowest BCUT2D eigenvalue weighted by Crippen LogP contribution is -2.40. The summed E-state index contributed by atoms with van der Waals surface area (Å²) in [5.74, 6) is 0.693. The maximum Gasteiger partial charge on any atom is 0.236 e. The molecule has 0 bridgehead atoms. The van der Waals surface area contributed by atoms with E-state index in [1.165, 1.54) is 0 Å². The zero-order valence-corrected chi connectivity index (χ0v) is 15.9. The van der Waals surface area contributed by atoms with Crippen LogP contribution in [0.1, 0.15) is 25.0 Å². The van der Waals surface area contributed by atoms with Crippen LogP contribution in [0.5, 0.6) is 0 Å². The molecule has 1 fully saturated rings. The van der Waals surface area contributed by atoms with E-state index in [0.29, 0.717) is 30.4 Å². The molecule has 4 rings (SSSR count). The minimum atomic E-state index is -0.111. The molecule has 4 heterocycles. The van der Waals surface area contributed by atoms with Gasteiger partial charge in [-0.05, 0) is 25.2 Å². The maximum atomic E-state index is 12.0. The van der Waals surface area contributed by atoms with Crippen molar-refractivity contribution < 1.29 is 4.79 Å². The first-order valence-electron chi connectivity index (χ1n) is 9.09. The summed E-state index contributed by atoms with van der Waals surface area (Å²) >= 11 is 6.36. The van der Waals surface area contributed by atoms with E-state index in [0.717, 1.165) is 29.6 Å². The molecule has 0 unspecified atom stereocenters. The van der Waals surface area contributed by atoms with Crippen LogP contribution in [0.15, 0.2) is 31.0 Å². The molecule has 1 saturated heterocycles. The van der Waals surface area contributed by atoms with Crippen LogP contribution in [-0.2, 0) is 11.2 Å². The fourth-order valence-electron chi connectivity index (χ4n) is 3.59. The molecule has 0 radical (unpaired) electrons. The van der Waals surface area contributed by atoms with Crippen LogP contribution in [0, 0.1) is 17.2 Å². The molecule has 0 aromatic carbocycles. The predicted octanol–water partition coefficient (Wildman–Crippen LogP) is 2.53. The van der Waals surface area contributed by atoms with Gasteiger partial charge in [0.05, 0.1) is 40.3 Å². The molecule has 1 aliphatic heterocycles. The fourth-order valence-corrected chi connectivity index (χ4v) is 3.76. The molecule has 0 spiro atoms. The average Bonchev–Trinajstić information content (AvgIpc) is 3.14. The lowest BCUT2D eigenvalue weighted by molar-refractivity contribution is -0.131. The van der Waals surface area contributed by atoms with Gasteiger partial charge in [-0.1, -0.05) is 11.6 Å². The van der Waals surface area contributed by atoms with Gasteiger partial charge in [0.25, 0.3) is 0 Å². The lowest BCUT2D eigenvalue weighted by atomic mass is 9.93. The Morgan fingerprint density at radius 3 is 3.11 bits per heavy atom. The van der Waals surface area contributed by atoms with Gasteiger partial charge >= 0.3 is 0 Å². The quantitative estimate of drug-likeness (QED) is 0.672. The van der Waals surface area contributed by atoms with Gasteiger partial charge in [0, 0.05) is 31.7 Å². The summed E-state index contributed by atoms with van der Waals surface area (Å²) < 4.78 is 1.72. The SMILES string of the molecule is N#CCC(=O)N1CCC[C@@H](Cc2nc(-c3cnn4ccncc34)ncc2Cl)C1. The van der Waals surface area contributed by atoms with Gasteiger partial charge < -0.3 is 4.90 Å². The van der Waals surface area contributed by atoms with E-state index in [9.17, 15) is 4.79 Å². The predicted molar refractivity (Wildman–Crippen MR) is 102 cm³/mol. The van der Waals surface area contributed by atoms with Crippen LogP contribution < -0.4 is 0 Å². The van der Waals surface area contributed by atoms with Gasteiger partial charge in [-0.25, -0.2) is 14.5 Å². The van der Waals surface area contributed by atoms with Crippen molar-refractivity contribution in [3.8, 4) is 17.5 Å². The number of piperidine rings is 1. The van der Waals surface area contributed by atoms with E-state index in [1.54, 1.807) is 40.4 Å². The summed E-state index contributed by atoms with van der Waals surface area (Å²) in [5.41, 5.74) is 2.37. The molecule has 3 aromatic heterocycles. The Labute approximate surface area is 166 Å². The summed E-state index contributed by atoms with van der Waals surface area (Å²) in [4.78, 5) is 27.0. The fraction of sp³-hybridized carbons (Fsp3) is 0.368. The number of likely N-dealkylation sites (tertiary alicyclic amines) is 1. The Morgan fingerprint density at radius 1 is 1.36 bits per heavy atom. The largest absolute Gasteiger partial charge is 0.342 e. The second-order valence-electron chi connectivity index (χ2n) is 6.84. The Morgan fingerprint density at radius 2 is 2.25 bits per heavy atom. The molecule has 9 heteroatoms. The number of hydrogen-bond acceptors (Lipinski definition) is 6. The Bertz CT molecular complexity index is 1060. The molecule has 0 aliphatic carbocycles. The van der Waals surface area contributed by atoms with Gasteiger partial charge in [0.15, 0.2) is 5.82 Å². The molecule has 0 N–H and O–H groups in total. The molecule has 1 aliphatic rings. The van der Waals surface area contributed by atoms with Crippen molar-refractivity contribution in [1.82, 2.24) is 29.5 Å². The van der Waals surface area contributed by atoms with E-state index in [4.69, 9.17) is 16.9 Å². The number of hydrogen-bond donors (Lipinski definition) is 0. The second kappa shape index (κ2) is 7.90. The number of carbonyl (C=O) groups excluding carboxylic acids is 1. The van der Waals surface area contributed by atoms with Crippen LogP contribution in [0.2, 0.25) is 5.02 Å². The van der Waals surface area contributed by atoms with Crippen LogP contribution in [0.25, 0.3) is 16.9 Å². The lowest BCUT2D eigenvalue weighted by Gasteiger charge is -2.32. The monoisotopic (exact) mass is 395 g/mol. The summed E-state index contributed by atoms with van der Waals surface area (Å²) in [6, 6.07) is 1.93. The van der Waals surface area contributed by atoms with Crippen LogP contribution in [-0.4, -0.2) is 48.5 Å². The summed E-state index contributed by atoms with van der Waals surface area (Å²) in [6.45, 7) is 1.33. The van der Waals surface area contributed by atoms with Gasteiger partial charge in [-0.3, -0.25) is 9.78 Å². The van der Waals surface area contributed by atoms with Crippen molar-refractivity contribution >= 4 is 23.0 Å². The highest BCUT2D eigenvalue weighted by Crippen LogP contribution is 2.27.